The Bertz CT molecular complexity index is 554. The Balaban J connectivity index is 2.15. The van der Waals surface area contributed by atoms with E-state index in [-0.39, 0.29) is 0 Å². The smallest absolute Gasteiger partial charge is 0.228 e. The van der Waals surface area contributed by atoms with Crippen LogP contribution in [0.15, 0.2) is 22.7 Å². The van der Waals surface area contributed by atoms with Gasteiger partial charge in [0.15, 0.2) is 11.5 Å². The van der Waals surface area contributed by atoms with Gasteiger partial charge in [-0.15, -0.1) is 0 Å². The maximum atomic E-state index is 5.26. The number of rotatable bonds is 7. The third-order valence-electron chi connectivity index (χ3n) is 2.88. The Hall–Kier alpha value is -2.08. The molecule has 0 saturated heterocycles. The van der Waals surface area contributed by atoms with Crippen LogP contribution in [0.5, 0.6) is 11.5 Å². The summed E-state index contributed by atoms with van der Waals surface area (Å²) in [5, 5.41) is 7.20. The Morgan fingerprint density at radius 2 is 2.00 bits per heavy atom. The molecule has 0 bridgehead atoms. The summed E-state index contributed by atoms with van der Waals surface area (Å²) in [4.78, 5) is 4.37. The second kappa shape index (κ2) is 6.91. The summed E-state index contributed by atoms with van der Waals surface area (Å²) in [6.07, 6.45) is 0.716. The van der Waals surface area contributed by atoms with Gasteiger partial charge < -0.3 is 19.3 Å². The van der Waals surface area contributed by atoms with Gasteiger partial charge in [0.1, 0.15) is 0 Å². The minimum Gasteiger partial charge on any atom is -0.493 e. The number of nitrogens with zero attached hydrogens (tertiary/aromatic N) is 2. The fourth-order valence-corrected chi connectivity index (χ4v) is 1.82. The molecule has 0 radical (unpaired) electrons. The molecule has 1 N–H and O–H groups in total. The summed E-state index contributed by atoms with van der Waals surface area (Å²) in [5.74, 6) is 2.49. The lowest BCUT2D eigenvalue weighted by atomic mass is 10.2. The molecular formula is C14H19N3O3. The van der Waals surface area contributed by atoms with E-state index >= 15 is 0 Å². The molecule has 0 fully saturated rings. The average Bonchev–Trinajstić information content (AvgIpc) is 2.95. The van der Waals surface area contributed by atoms with Gasteiger partial charge in [-0.2, -0.15) is 4.98 Å². The van der Waals surface area contributed by atoms with Crippen molar-refractivity contribution in [3.05, 3.63) is 24.1 Å². The second-order valence-corrected chi connectivity index (χ2v) is 4.19. The monoisotopic (exact) mass is 277 g/mol. The first kappa shape index (κ1) is 14.3. The Morgan fingerprint density at radius 3 is 2.70 bits per heavy atom. The summed E-state index contributed by atoms with van der Waals surface area (Å²) in [7, 11) is 3.20. The van der Waals surface area contributed by atoms with Gasteiger partial charge in [-0.05, 0) is 24.7 Å². The molecule has 108 valence electrons. The number of ether oxygens (including phenoxy) is 2. The topological polar surface area (TPSA) is 69.4 Å². The SMILES string of the molecule is CCNCCc1nc(-c2ccc(OC)c(OC)c2)no1. The summed E-state index contributed by atoms with van der Waals surface area (Å²) in [5.41, 5.74) is 0.834. The van der Waals surface area contributed by atoms with E-state index in [1.807, 2.05) is 18.2 Å². The van der Waals surface area contributed by atoms with Crippen LogP contribution in [-0.4, -0.2) is 37.4 Å². The van der Waals surface area contributed by atoms with E-state index in [9.17, 15) is 0 Å². The van der Waals surface area contributed by atoms with Crippen LogP contribution in [0.2, 0.25) is 0 Å². The molecule has 0 aliphatic carbocycles. The van der Waals surface area contributed by atoms with Crippen molar-refractivity contribution in [1.82, 2.24) is 15.5 Å². The predicted molar refractivity (Wildman–Crippen MR) is 75.1 cm³/mol. The maximum Gasteiger partial charge on any atom is 0.228 e. The highest BCUT2D eigenvalue weighted by Gasteiger charge is 2.11. The van der Waals surface area contributed by atoms with Gasteiger partial charge >= 0.3 is 0 Å². The van der Waals surface area contributed by atoms with Crippen molar-refractivity contribution in [3.8, 4) is 22.9 Å². The van der Waals surface area contributed by atoms with Crippen LogP contribution in [0, 0.1) is 0 Å². The minimum absolute atomic E-state index is 0.553. The first-order valence-electron chi connectivity index (χ1n) is 6.54. The van der Waals surface area contributed by atoms with Gasteiger partial charge in [-0.25, -0.2) is 0 Å². The molecular weight excluding hydrogens is 258 g/mol. The predicted octanol–water partition coefficient (Wildman–Crippen LogP) is 1.91. The molecule has 0 atom stereocenters. The molecule has 0 amide bonds. The Kier molecular flexibility index (Phi) is 4.95. The largest absolute Gasteiger partial charge is 0.493 e. The third kappa shape index (κ3) is 3.27. The van der Waals surface area contributed by atoms with E-state index in [1.165, 1.54) is 0 Å². The maximum absolute atomic E-state index is 5.26. The van der Waals surface area contributed by atoms with Crippen molar-refractivity contribution < 1.29 is 14.0 Å². The molecule has 0 aliphatic rings. The lowest BCUT2D eigenvalue weighted by Gasteiger charge is -2.07. The summed E-state index contributed by atoms with van der Waals surface area (Å²) in [6.45, 7) is 3.81. The number of methoxy groups -OCH3 is 2. The zero-order valence-electron chi connectivity index (χ0n) is 12.0. The fourth-order valence-electron chi connectivity index (χ4n) is 1.82. The molecule has 0 aliphatic heterocycles. The molecule has 0 saturated carbocycles. The van der Waals surface area contributed by atoms with E-state index < -0.39 is 0 Å². The highest BCUT2D eigenvalue weighted by atomic mass is 16.5. The zero-order chi connectivity index (χ0) is 14.4. The quantitative estimate of drug-likeness (QED) is 0.780. The van der Waals surface area contributed by atoms with E-state index in [4.69, 9.17) is 14.0 Å². The van der Waals surface area contributed by atoms with Gasteiger partial charge in [0.2, 0.25) is 11.7 Å². The van der Waals surface area contributed by atoms with Crippen molar-refractivity contribution >= 4 is 0 Å². The lowest BCUT2D eigenvalue weighted by molar-refractivity contribution is 0.355. The molecule has 1 aromatic carbocycles. The van der Waals surface area contributed by atoms with Crippen LogP contribution in [0.1, 0.15) is 12.8 Å². The number of aromatic nitrogens is 2. The van der Waals surface area contributed by atoms with E-state index in [1.54, 1.807) is 14.2 Å². The zero-order valence-corrected chi connectivity index (χ0v) is 12.0. The molecule has 1 aromatic heterocycles. The molecule has 1 heterocycles. The van der Waals surface area contributed by atoms with Gasteiger partial charge in [-0.3, -0.25) is 0 Å². The molecule has 0 spiro atoms. The molecule has 20 heavy (non-hydrogen) atoms. The normalized spacial score (nSPS) is 10.6. The molecule has 0 unspecified atom stereocenters. The van der Waals surface area contributed by atoms with Crippen LogP contribution in [0.3, 0.4) is 0 Å². The highest BCUT2D eigenvalue weighted by molar-refractivity contribution is 5.60. The van der Waals surface area contributed by atoms with Gasteiger partial charge in [0, 0.05) is 18.5 Å². The average molecular weight is 277 g/mol. The number of hydrogen-bond acceptors (Lipinski definition) is 6. The van der Waals surface area contributed by atoms with Crippen LogP contribution < -0.4 is 14.8 Å². The van der Waals surface area contributed by atoms with Crippen molar-refractivity contribution in [2.45, 2.75) is 13.3 Å². The summed E-state index contributed by atoms with van der Waals surface area (Å²) >= 11 is 0. The van der Waals surface area contributed by atoms with Crippen LogP contribution in [0.25, 0.3) is 11.4 Å². The molecule has 2 aromatic rings. The van der Waals surface area contributed by atoms with Gasteiger partial charge in [0.05, 0.1) is 14.2 Å². The summed E-state index contributed by atoms with van der Waals surface area (Å²) in [6, 6.07) is 5.53. The molecule has 6 heteroatoms. The molecule has 2 rings (SSSR count). The Morgan fingerprint density at radius 1 is 1.20 bits per heavy atom. The first-order chi connectivity index (χ1) is 9.78. The van der Waals surface area contributed by atoms with E-state index in [2.05, 4.69) is 22.4 Å². The molecule has 6 nitrogen and oxygen atoms in total. The lowest BCUT2D eigenvalue weighted by Crippen LogP contribution is -2.16. The van der Waals surface area contributed by atoms with Crippen molar-refractivity contribution in [2.75, 3.05) is 27.3 Å². The first-order valence-corrected chi connectivity index (χ1v) is 6.54. The third-order valence-corrected chi connectivity index (χ3v) is 2.88. The van der Waals surface area contributed by atoms with Gasteiger partial charge in [-0.1, -0.05) is 12.1 Å². The van der Waals surface area contributed by atoms with E-state index in [0.29, 0.717) is 29.6 Å². The van der Waals surface area contributed by atoms with Crippen molar-refractivity contribution in [2.24, 2.45) is 0 Å². The van der Waals surface area contributed by atoms with Crippen LogP contribution >= 0.6 is 0 Å². The van der Waals surface area contributed by atoms with Crippen molar-refractivity contribution in [3.63, 3.8) is 0 Å². The number of hydrogen-bond donors (Lipinski definition) is 1. The summed E-state index contributed by atoms with van der Waals surface area (Å²) < 4.78 is 15.7. The van der Waals surface area contributed by atoms with Crippen LogP contribution in [-0.2, 0) is 6.42 Å². The second-order valence-electron chi connectivity index (χ2n) is 4.19. The number of benzene rings is 1. The van der Waals surface area contributed by atoms with Crippen molar-refractivity contribution in [1.29, 1.82) is 0 Å². The van der Waals surface area contributed by atoms with E-state index in [0.717, 1.165) is 18.7 Å². The van der Waals surface area contributed by atoms with Gasteiger partial charge in [0.25, 0.3) is 0 Å². The fraction of sp³-hybridized carbons (Fsp3) is 0.429. The Labute approximate surface area is 118 Å². The number of nitrogens with one attached hydrogen (secondary N) is 1. The highest BCUT2D eigenvalue weighted by Crippen LogP contribution is 2.31. The number of likely N-dealkylation sites (N-methyl/N-ethyl adjacent to an activating group) is 1. The standard InChI is InChI=1S/C14H19N3O3/c1-4-15-8-7-13-16-14(17-20-13)10-5-6-11(18-2)12(9-10)19-3/h5-6,9,15H,4,7-8H2,1-3H3. The minimum atomic E-state index is 0.553. The van der Waals surface area contributed by atoms with Crippen LogP contribution in [0.4, 0.5) is 0 Å².